The number of aliphatic hydroxyl groups excluding tert-OH is 1. The van der Waals surface area contributed by atoms with Gasteiger partial charge in [-0.05, 0) is 206 Å². The lowest BCUT2D eigenvalue weighted by Crippen LogP contribution is -2.44. The van der Waals surface area contributed by atoms with Gasteiger partial charge < -0.3 is 40.7 Å². The van der Waals surface area contributed by atoms with Crippen molar-refractivity contribution in [2.75, 3.05) is 108 Å². The van der Waals surface area contributed by atoms with Gasteiger partial charge in [0.25, 0.3) is 0 Å². The van der Waals surface area contributed by atoms with Crippen LogP contribution in [-0.2, 0) is 54.3 Å². The first kappa shape index (κ1) is 85.3. The number of amides is 6. The van der Waals surface area contributed by atoms with E-state index in [9.17, 15) is 64.6 Å². The molecule has 0 bridgehead atoms. The Kier molecular flexibility index (Phi) is 30.9. The fourth-order valence-electron chi connectivity index (χ4n) is 13.4. The zero-order chi connectivity index (χ0) is 82.0. The normalized spacial score (nSPS) is 14.0. The number of nitrogens with one attached hydrogen (secondary N) is 3. The molecule has 0 spiro atoms. The van der Waals surface area contributed by atoms with Crippen LogP contribution in [0.1, 0.15) is 77.5 Å². The molecule has 27 heteroatoms. The Labute approximate surface area is 667 Å². The number of aliphatic hydroxyl groups is 1. The maximum atomic E-state index is 13.8. The van der Waals surface area contributed by atoms with Gasteiger partial charge in [0, 0.05) is 68.8 Å². The number of nitrogens with zero attached hydrogens (tertiary/aromatic N) is 9. The van der Waals surface area contributed by atoms with Crippen LogP contribution in [0.25, 0.3) is 33.4 Å². The number of carbonyl (C=O) groups is 6. The number of hydrogen-bond acceptors (Lipinski definition) is 13. The van der Waals surface area contributed by atoms with Crippen molar-refractivity contribution in [1.29, 1.82) is 15.8 Å². The van der Waals surface area contributed by atoms with Crippen LogP contribution in [0.15, 0.2) is 200 Å². The van der Waals surface area contributed by atoms with Gasteiger partial charge in [0.2, 0.25) is 35.4 Å². The number of halogens is 8. The summed E-state index contributed by atoms with van der Waals surface area (Å²) in [7, 11) is 0. The smallest absolute Gasteiger partial charge is 0.392 e. The zero-order valence-electron chi connectivity index (χ0n) is 62.8. The summed E-state index contributed by atoms with van der Waals surface area (Å²) in [6, 6.07) is 59.9. The predicted octanol–water partition coefficient (Wildman–Crippen LogP) is 14.5. The third kappa shape index (κ3) is 26.8. The molecule has 0 aromatic heterocycles. The molecule has 4 N–H and O–H groups in total. The van der Waals surface area contributed by atoms with E-state index in [0.29, 0.717) is 80.0 Å². The Hall–Kier alpha value is -12.1. The van der Waals surface area contributed by atoms with Crippen LogP contribution in [0.3, 0.4) is 0 Å². The molecule has 0 radical (unpaired) electrons. The number of carbonyl (C=O) groups excluding carboxylic acids is 6. The molecule has 9 aromatic carbocycles. The number of anilines is 3. The molecule has 12 rings (SSSR count). The summed E-state index contributed by atoms with van der Waals surface area (Å²) < 4.78 is 93.5. The SMILES string of the molecule is N#Cc1cccc(-c2ccc(CCN(CC(=O)Nc3cc(F)cc(C(F)(F)F)c3)C(=O)CN3CC[C@@H](O)C3)cc2)c1.N#Cc1cccc(-c2ccc(CCN(CC(=O)Nc3ccc(F)c(Cl)c3)C(=O)CN3CCCC3)cc2)c1.N#Cc1cccc(-c2ccc(CN(CC(=O)Nc3cc(F)cc(F)c3)C(=O)CCN3CCCC3)cc2)c1. The molecule has 0 saturated carbocycles. The summed E-state index contributed by atoms with van der Waals surface area (Å²) in [6.07, 6.45) is 0.825. The van der Waals surface area contributed by atoms with E-state index in [0.717, 1.165) is 126 Å². The largest absolute Gasteiger partial charge is 0.416 e. The van der Waals surface area contributed by atoms with Gasteiger partial charge in [0.1, 0.15) is 29.8 Å². The van der Waals surface area contributed by atoms with E-state index >= 15 is 0 Å². The van der Waals surface area contributed by atoms with Gasteiger partial charge in [-0.1, -0.05) is 121 Å². The van der Waals surface area contributed by atoms with E-state index in [4.69, 9.17) is 27.4 Å². The van der Waals surface area contributed by atoms with E-state index in [1.54, 1.807) is 40.1 Å². The summed E-state index contributed by atoms with van der Waals surface area (Å²) in [5.41, 5.74) is 8.80. The molecule has 3 fully saturated rings. The van der Waals surface area contributed by atoms with E-state index in [1.807, 2.05) is 115 Å². The topological polar surface area (TPSA) is 250 Å². The summed E-state index contributed by atoms with van der Waals surface area (Å²) >= 11 is 5.82. The van der Waals surface area contributed by atoms with Gasteiger partial charge in [0.15, 0.2) is 0 Å². The maximum absolute atomic E-state index is 13.8. The highest BCUT2D eigenvalue weighted by Gasteiger charge is 2.33. The van der Waals surface area contributed by atoms with Crippen molar-refractivity contribution in [1.82, 2.24) is 29.4 Å². The van der Waals surface area contributed by atoms with Crippen molar-refractivity contribution in [3.63, 3.8) is 0 Å². The molecule has 1 atom stereocenters. The molecular weight excluding hydrogens is 1510 g/mol. The van der Waals surface area contributed by atoms with Gasteiger partial charge >= 0.3 is 6.18 Å². The number of nitriles is 3. The number of rotatable bonds is 27. The molecule has 3 aliphatic rings. The van der Waals surface area contributed by atoms with Crippen LogP contribution in [0.4, 0.5) is 47.8 Å². The van der Waals surface area contributed by atoms with E-state index in [-0.39, 0.29) is 85.7 Å². The fraction of sp³-hybridized carbons (Fsp3) is 0.284. The Morgan fingerprint density at radius 2 is 0.870 bits per heavy atom. The molecule has 0 unspecified atom stereocenters. The standard InChI is InChI=1S/C30H28F4N4O3.C29H28ClFN4O2.C29H28F2N4O2/c31-25-13-24(30(32,33)34)14-26(15-25)36-28(40)18-38(29(41)19-37-10-9-27(39)17-37)11-8-20-4-6-22(7-5-20)23-3-1-2-21(12-23)16-35;30-26-17-25(10-11-27(26)31)33-28(36)19-35(29(37)20-34-13-1-2-14-34)15-12-21-6-8-23(9-7-21)24-5-3-4-22(16-24)18-32;30-25-15-26(31)17-27(16-25)33-28(36)20-35(29(37)10-13-34-11-1-2-12-34)19-21-6-8-23(9-7-21)24-5-3-4-22(14-24)18-32/h1-7,12-15,27,39H,8-11,17-19H2,(H,36,40);3-11,16-17H,1-2,12-15,19-20H2,(H,33,36);3-9,14-17H,1-2,10-13,19-20H2,(H,33,36)/t27-;;/m1../s1. The van der Waals surface area contributed by atoms with Crippen molar-refractivity contribution in [2.45, 2.75) is 70.2 Å². The molecule has 3 heterocycles. The fourth-order valence-corrected chi connectivity index (χ4v) is 13.6. The summed E-state index contributed by atoms with van der Waals surface area (Å²) in [5.74, 6) is -5.64. The van der Waals surface area contributed by atoms with Gasteiger partial charge in [0.05, 0.1) is 77.8 Å². The van der Waals surface area contributed by atoms with Crippen LogP contribution < -0.4 is 16.0 Å². The molecule has 3 aliphatic heterocycles. The third-order valence-electron chi connectivity index (χ3n) is 19.5. The third-order valence-corrected chi connectivity index (χ3v) is 19.8. The molecule has 19 nitrogen and oxygen atoms in total. The Morgan fingerprint density at radius 3 is 1.30 bits per heavy atom. The van der Waals surface area contributed by atoms with Crippen LogP contribution in [0, 0.1) is 57.3 Å². The van der Waals surface area contributed by atoms with Gasteiger partial charge in [-0.15, -0.1) is 0 Å². The van der Waals surface area contributed by atoms with Crippen molar-refractivity contribution in [3.8, 4) is 51.6 Å². The first-order valence-electron chi connectivity index (χ1n) is 37.5. The number of likely N-dealkylation sites (tertiary alicyclic amines) is 3. The van der Waals surface area contributed by atoms with Crippen LogP contribution >= 0.6 is 11.6 Å². The van der Waals surface area contributed by atoms with Crippen LogP contribution in [0.2, 0.25) is 5.02 Å². The monoisotopic (exact) mass is 1590 g/mol. The minimum absolute atomic E-state index is 0.00378. The Balaban J connectivity index is 0.000000183. The van der Waals surface area contributed by atoms with Gasteiger partial charge in [-0.2, -0.15) is 29.0 Å². The summed E-state index contributed by atoms with van der Waals surface area (Å²) in [6.45, 7) is 5.34. The number of benzene rings is 9. The molecule has 0 aliphatic carbocycles. The average molecular weight is 1590 g/mol. The maximum Gasteiger partial charge on any atom is 0.416 e. The lowest BCUT2D eigenvalue weighted by Gasteiger charge is -2.25. The van der Waals surface area contributed by atoms with Crippen molar-refractivity contribution in [2.24, 2.45) is 0 Å². The molecule has 6 amide bonds. The first-order chi connectivity index (χ1) is 55.3. The summed E-state index contributed by atoms with van der Waals surface area (Å²) in [4.78, 5) is 88.1. The molecule has 9 aromatic rings. The lowest BCUT2D eigenvalue weighted by molar-refractivity contribution is -0.138. The van der Waals surface area contributed by atoms with Gasteiger partial charge in [-0.3, -0.25) is 38.6 Å². The van der Waals surface area contributed by atoms with E-state index in [2.05, 4.69) is 44.0 Å². The number of alkyl halides is 3. The molecule has 594 valence electrons. The van der Waals surface area contributed by atoms with Gasteiger partial charge in [-0.25, -0.2) is 17.6 Å². The molecular formula is C88H84ClF7N12O7. The highest BCUT2D eigenvalue weighted by molar-refractivity contribution is 6.31. The highest BCUT2D eigenvalue weighted by atomic mass is 35.5. The minimum atomic E-state index is -4.79. The number of hydrogen-bond donors (Lipinski definition) is 4. The quantitative estimate of drug-likeness (QED) is 0.0350. The average Bonchev–Trinajstić information content (AvgIpc) is 1.73. The van der Waals surface area contributed by atoms with E-state index in [1.165, 1.54) is 28.0 Å². The zero-order valence-corrected chi connectivity index (χ0v) is 63.6. The number of β-amino-alcohol motifs (C(OH)–C–C–N with tert-alkyl or cyclic N) is 1. The molecule has 115 heavy (non-hydrogen) atoms. The second-order valence-corrected chi connectivity index (χ2v) is 28.6. The lowest BCUT2D eigenvalue weighted by atomic mass is 10.0. The minimum Gasteiger partial charge on any atom is -0.392 e. The van der Waals surface area contributed by atoms with Crippen molar-refractivity contribution >= 4 is 64.1 Å². The first-order valence-corrected chi connectivity index (χ1v) is 37.8. The highest BCUT2D eigenvalue weighted by Crippen LogP contribution is 2.33. The second kappa shape index (κ2) is 41.6. The molecule has 3 saturated heterocycles. The van der Waals surface area contributed by atoms with Crippen LogP contribution in [-0.4, -0.2) is 168 Å². The van der Waals surface area contributed by atoms with E-state index < -0.39 is 59.5 Å². The second-order valence-electron chi connectivity index (χ2n) is 28.2. The van der Waals surface area contributed by atoms with Crippen LogP contribution in [0.5, 0.6) is 0 Å². The Bertz CT molecular complexity index is 5010. The Morgan fingerprint density at radius 1 is 0.452 bits per heavy atom. The predicted molar refractivity (Wildman–Crippen MR) is 424 cm³/mol. The van der Waals surface area contributed by atoms with Crippen molar-refractivity contribution in [3.05, 3.63) is 267 Å². The van der Waals surface area contributed by atoms with Crippen molar-refractivity contribution < 1.29 is 64.6 Å². The summed E-state index contributed by atoms with van der Waals surface area (Å²) in [5, 5.41) is 44.6.